The lowest BCUT2D eigenvalue weighted by atomic mass is 9.98. The molecule has 0 spiro atoms. The van der Waals surface area contributed by atoms with Crippen LogP contribution in [0.15, 0.2) is 42.5 Å². The molecule has 0 radical (unpaired) electrons. The highest BCUT2D eigenvalue weighted by atomic mass is 19.1. The Morgan fingerprint density at radius 2 is 1.85 bits per heavy atom. The van der Waals surface area contributed by atoms with E-state index < -0.39 is 17.7 Å². The second-order valence-corrected chi connectivity index (χ2v) is 11.3. The molecule has 0 aromatic heterocycles. The third-order valence-corrected chi connectivity index (χ3v) is 7.43. The van der Waals surface area contributed by atoms with Crippen molar-refractivity contribution in [1.29, 1.82) is 0 Å². The van der Waals surface area contributed by atoms with Crippen LogP contribution < -0.4 is 18.9 Å². The minimum atomic E-state index is -0.866. The average molecular weight is 551 g/mol. The maximum absolute atomic E-state index is 15.1. The van der Waals surface area contributed by atoms with Crippen LogP contribution in [0.5, 0.6) is 28.7 Å². The fourth-order valence-corrected chi connectivity index (χ4v) is 5.41. The minimum Gasteiger partial charge on any atom is -0.493 e. The number of carboxylic acids is 1. The van der Waals surface area contributed by atoms with E-state index in [9.17, 15) is 9.90 Å². The van der Waals surface area contributed by atoms with Crippen LogP contribution in [0.1, 0.15) is 72.9 Å². The smallest absolute Gasteiger partial charge is 0.304 e. The van der Waals surface area contributed by atoms with Gasteiger partial charge in [0, 0.05) is 35.1 Å². The van der Waals surface area contributed by atoms with Crippen LogP contribution in [-0.4, -0.2) is 35.0 Å². The Balaban J connectivity index is 1.32. The lowest BCUT2D eigenvalue weighted by molar-refractivity contribution is -0.137. The van der Waals surface area contributed by atoms with Gasteiger partial charge < -0.3 is 29.2 Å². The summed E-state index contributed by atoms with van der Waals surface area (Å²) >= 11 is 0. The molecule has 1 unspecified atom stereocenters. The van der Waals surface area contributed by atoms with Crippen molar-refractivity contribution < 1.29 is 38.3 Å². The fraction of sp³-hybridized carbons (Fsp3) is 0.406. The molecule has 7 nitrogen and oxygen atoms in total. The Labute approximate surface area is 233 Å². The fourth-order valence-electron chi connectivity index (χ4n) is 5.41. The molecule has 0 saturated carbocycles. The molecule has 3 aromatic rings. The van der Waals surface area contributed by atoms with Gasteiger partial charge in [0.1, 0.15) is 40.7 Å². The zero-order valence-electron chi connectivity index (χ0n) is 23.3. The Bertz CT molecular complexity index is 1400. The third-order valence-electron chi connectivity index (χ3n) is 7.43. The van der Waals surface area contributed by atoms with Gasteiger partial charge in [0.2, 0.25) is 0 Å². The van der Waals surface area contributed by atoms with Crippen molar-refractivity contribution >= 4 is 5.97 Å². The molecule has 1 aliphatic heterocycles. The number of rotatable bonds is 10. The van der Waals surface area contributed by atoms with Gasteiger partial charge in [-0.1, -0.05) is 6.07 Å². The largest absolute Gasteiger partial charge is 0.493 e. The number of benzene rings is 3. The molecule has 0 amide bonds. The van der Waals surface area contributed by atoms with Gasteiger partial charge in [-0.05, 0) is 82.0 Å². The maximum atomic E-state index is 15.1. The van der Waals surface area contributed by atoms with Gasteiger partial charge in [-0.15, -0.1) is 0 Å². The summed E-state index contributed by atoms with van der Waals surface area (Å²) in [5.41, 5.74) is 3.11. The Morgan fingerprint density at radius 3 is 2.55 bits per heavy atom. The van der Waals surface area contributed by atoms with Gasteiger partial charge in [-0.2, -0.15) is 0 Å². The normalized spacial score (nSPS) is 17.6. The molecule has 2 aliphatic rings. The summed E-state index contributed by atoms with van der Waals surface area (Å²) in [6.45, 7) is 8.10. The zero-order valence-corrected chi connectivity index (χ0v) is 23.3. The van der Waals surface area contributed by atoms with Crippen molar-refractivity contribution in [2.75, 3.05) is 13.2 Å². The van der Waals surface area contributed by atoms with Crippen molar-refractivity contribution in [1.82, 2.24) is 0 Å². The molecule has 2 atom stereocenters. The molecule has 1 heterocycles. The van der Waals surface area contributed by atoms with E-state index >= 15 is 4.39 Å². The van der Waals surface area contributed by atoms with E-state index in [2.05, 4.69) is 0 Å². The molecule has 3 aromatic carbocycles. The van der Waals surface area contributed by atoms with E-state index in [1.165, 1.54) is 6.07 Å². The number of carboxylic acid groups (broad SMARTS) is 1. The topological polar surface area (TPSA) is 94.5 Å². The first-order valence-corrected chi connectivity index (χ1v) is 13.6. The highest BCUT2D eigenvalue weighted by Gasteiger charge is 2.32. The van der Waals surface area contributed by atoms with Gasteiger partial charge in [0.25, 0.3) is 0 Å². The minimum absolute atomic E-state index is 0.00789. The highest BCUT2D eigenvalue weighted by Crippen LogP contribution is 2.45. The number of hydrogen-bond acceptors (Lipinski definition) is 6. The molecule has 2 N–H and O–H groups in total. The molecule has 5 rings (SSSR count). The van der Waals surface area contributed by atoms with Crippen molar-refractivity contribution in [2.24, 2.45) is 0 Å². The van der Waals surface area contributed by atoms with E-state index in [-0.39, 0.29) is 18.2 Å². The SMILES string of the molecule is Cc1cc(OCCC(C)(C)O)cc(C)c1Oc1ccc(F)c2c1CC[C@H]2Oc1ccc2c(c1)OCC2CC(=O)O. The first-order chi connectivity index (χ1) is 19.0. The Morgan fingerprint density at radius 1 is 1.10 bits per heavy atom. The molecule has 212 valence electrons. The number of fused-ring (bicyclic) bond motifs is 2. The van der Waals surface area contributed by atoms with Gasteiger partial charge in [0.05, 0.1) is 25.2 Å². The van der Waals surface area contributed by atoms with Crippen LogP contribution in [0.3, 0.4) is 0 Å². The third kappa shape index (κ3) is 6.02. The lowest BCUT2D eigenvalue weighted by Crippen LogP contribution is -2.21. The first kappa shape index (κ1) is 27.8. The van der Waals surface area contributed by atoms with Crippen molar-refractivity contribution in [3.05, 3.63) is 76.1 Å². The van der Waals surface area contributed by atoms with E-state index in [0.29, 0.717) is 66.8 Å². The van der Waals surface area contributed by atoms with Crippen molar-refractivity contribution in [2.45, 2.75) is 71.0 Å². The quantitative estimate of drug-likeness (QED) is 0.287. The van der Waals surface area contributed by atoms with E-state index in [1.807, 2.05) is 32.0 Å². The van der Waals surface area contributed by atoms with E-state index in [1.54, 1.807) is 32.0 Å². The van der Waals surface area contributed by atoms with E-state index in [4.69, 9.17) is 24.1 Å². The summed E-state index contributed by atoms with van der Waals surface area (Å²) in [6.07, 6.45) is 1.23. The monoisotopic (exact) mass is 550 g/mol. The molecule has 0 fully saturated rings. The van der Waals surface area contributed by atoms with Gasteiger partial charge >= 0.3 is 5.97 Å². The molecule has 40 heavy (non-hydrogen) atoms. The van der Waals surface area contributed by atoms with Crippen LogP contribution >= 0.6 is 0 Å². The Kier molecular flexibility index (Phi) is 7.64. The van der Waals surface area contributed by atoms with Crippen LogP contribution in [0, 0.1) is 19.7 Å². The number of aliphatic hydroxyl groups is 1. The molecule has 8 heteroatoms. The highest BCUT2D eigenvalue weighted by molar-refractivity contribution is 5.69. The maximum Gasteiger partial charge on any atom is 0.304 e. The number of carbonyl (C=O) groups is 1. The zero-order chi connectivity index (χ0) is 28.6. The molecular formula is C32H35FO7. The molecule has 0 saturated heterocycles. The second kappa shape index (κ2) is 11.0. The van der Waals surface area contributed by atoms with Crippen LogP contribution in [0.4, 0.5) is 4.39 Å². The summed E-state index contributed by atoms with van der Waals surface area (Å²) in [4.78, 5) is 11.1. The first-order valence-electron chi connectivity index (χ1n) is 13.6. The summed E-state index contributed by atoms with van der Waals surface area (Å²) in [6, 6.07) is 12.3. The summed E-state index contributed by atoms with van der Waals surface area (Å²) in [5.74, 6) is 1.76. The van der Waals surface area contributed by atoms with Crippen molar-refractivity contribution in [3.63, 3.8) is 0 Å². The van der Waals surface area contributed by atoms with Crippen LogP contribution in [0.25, 0.3) is 0 Å². The van der Waals surface area contributed by atoms with Gasteiger partial charge in [-0.25, -0.2) is 4.39 Å². The number of aryl methyl sites for hydroxylation is 2. The van der Waals surface area contributed by atoms with Gasteiger partial charge in [-0.3, -0.25) is 4.79 Å². The predicted octanol–water partition coefficient (Wildman–Crippen LogP) is 6.79. The average Bonchev–Trinajstić information content (AvgIpc) is 3.46. The standard InChI is InChI=1S/C32H35FO7/c1-18-13-22(37-12-11-32(3,4)36)14-19(2)31(18)40-26-10-8-25(33)30-24(26)7-9-27(30)39-21-5-6-23-20(15-29(34)35)17-38-28(23)16-21/h5-6,8,10,13-14,16,20,27,36H,7,9,11-12,15,17H2,1-4H3,(H,34,35)/t20?,27-/m1/s1. The lowest BCUT2D eigenvalue weighted by Gasteiger charge is -2.19. The van der Waals surface area contributed by atoms with Crippen molar-refractivity contribution in [3.8, 4) is 28.7 Å². The molecular weight excluding hydrogens is 515 g/mol. The van der Waals surface area contributed by atoms with E-state index in [0.717, 1.165) is 22.3 Å². The molecule has 0 bridgehead atoms. The van der Waals surface area contributed by atoms with Crippen LogP contribution in [-0.2, 0) is 11.2 Å². The Hall–Kier alpha value is -3.78. The predicted molar refractivity (Wildman–Crippen MR) is 147 cm³/mol. The summed E-state index contributed by atoms with van der Waals surface area (Å²) < 4.78 is 39.3. The summed E-state index contributed by atoms with van der Waals surface area (Å²) in [7, 11) is 0. The van der Waals surface area contributed by atoms with Crippen LogP contribution in [0.2, 0.25) is 0 Å². The second-order valence-electron chi connectivity index (χ2n) is 11.3. The summed E-state index contributed by atoms with van der Waals surface area (Å²) in [5, 5.41) is 19.1. The number of halogens is 1. The van der Waals surface area contributed by atoms with Gasteiger partial charge in [0.15, 0.2) is 0 Å². The number of hydrogen-bond donors (Lipinski definition) is 2. The number of aliphatic carboxylic acids is 1. The molecule has 1 aliphatic carbocycles. The number of ether oxygens (including phenoxy) is 4.